The van der Waals surface area contributed by atoms with Gasteiger partial charge in [-0.3, -0.25) is 4.79 Å². The predicted octanol–water partition coefficient (Wildman–Crippen LogP) is 1.95. The van der Waals surface area contributed by atoms with Gasteiger partial charge in [0.25, 0.3) is 0 Å². The average molecular weight is 305 g/mol. The maximum absolute atomic E-state index is 11.9. The minimum absolute atomic E-state index is 0.234. The number of carbonyl (C=O) groups is 1. The van der Waals surface area contributed by atoms with Gasteiger partial charge in [0.05, 0.1) is 23.5 Å². The molecule has 106 valence electrons. The summed E-state index contributed by atoms with van der Waals surface area (Å²) < 4.78 is 24.2. The molecule has 0 heterocycles. The number of carbonyl (C=O) groups excluding carboxylic acids is 1. The van der Waals surface area contributed by atoms with E-state index in [4.69, 9.17) is 11.6 Å². The van der Waals surface area contributed by atoms with Crippen molar-refractivity contribution in [3.8, 4) is 0 Å². The third kappa shape index (κ3) is 4.81. The van der Waals surface area contributed by atoms with Crippen LogP contribution >= 0.6 is 11.6 Å². The molecular weight excluding hydrogens is 288 g/mol. The topological polar surface area (TPSA) is 66.5 Å². The van der Waals surface area contributed by atoms with Crippen LogP contribution in [0.5, 0.6) is 0 Å². The fraction of sp³-hybridized carbons (Fsp3) is 0.417. The maximum atomic E-state index is 11.9. The number of para-hydroxylation sites is 1. The molecule has 0 aliphatic rings. The molecule has 0 saturated carbocycles. The van der Waals surface area contributed by atoms with Crippen LogP contribution in [0.4, 0.5) is 5.69 Å². The summed E-state index contributed by atoms with van der Waals surface area (Å²) in [6.45, 7) is 3.19. The third-order valence-electron chi connectivity index (χ3n) is 2.45. The second-order valence-electron chi connectivity index (χ2n) is 4.43. The van der Waals surface area contributed by atoms with E-state index in [-0.39, 0.29) is 12.6 Å². The van der Waals surface area contributed by atoms with Crippen molar-refractivity contribution in [2.75, 3.05) is 18.1 Å². The second kappa shape index (κ2) is 6.36. The molecule has 1 aromatic carbocycles. The van der Waals surface area contributed by atoms with Crippen molar-refractivity contribution in [1.29, 1.82) is 0 Å². The number of hydrogen-bond donors (Lipinski definition) is 1. The van der Waals surface area contributed by atoms with E-state index < -0.39 is 15.9 Å². The van der Waals surface area contributed by atoms with Crippen molar-refractivity contribution in [3.63, 3.8) is 0 Å². The van der Waals surface area contributed by atoms with Crippen LogP contribution in [-0.4, -0.2) is 37.5 Å². The largest absolute Gasteiger partial charge is 0.324 e. The van der Waals surface area contributed by atoms with E-state index in [0.29, 0.717) is 10.7 Å². The Morgan fingerprint density at radius 1 is 1.37 bits per heavy atom. The molecule has 0 fully saturated rings. The average Bonchev–Trinajstić information content (AvgIpc) is 2.27. The molecule has 0 aliphatic heterocycles. The smallest absolute Gasteiger partial charge is 0.239 e. The van der Waals surface area contributed by atoms with Crippen molar-refractivity contribution in [3.05, 3.63) is 29.3 Å². The molecule has 0 aliphatic carbocycles. The molecule has 19 heavy (non-hydrogen) atoms. The van der Waals surface area contributed by atoms with E-state index in [1.807, 2.05) is 0 Å². The van der Waals surface area contributed by atoms with Gasteiger partial charge in [0, 0.05) is 6.04 Å². The lowest BCUT2D eigenvalue weighted by atomic mass is 10.3. The maximum Gasteiger partial charge on any atom is 0.239 e. The van der Waals surface area contributed by atoms with Crippen molar-refractivity contribution in [1.82, 2.24) is 4.31 Å². The molecule has 0 radical (unpaired) electrons. The number of halogens is 1. The molecule has 0 saturated heterocycles. The first-order valence-corrected chi connectivity index (χ1v) is 7.95. The SMILES string of the molecule is CC(C)N(CC(=O)Nc1ccccc1Cl)S(C)(=O)=O. The van der Waals surface area contributed by atoms with E-state index in [9.17, 15) is 13.2 Å². The first kappa shape index (κ1) is 15.9. The molecule has 0 spiro atoms. The summed E-state index contributed by atoms with van der Waals surface area (Å²) in [5.41, 5.74) is 0.464. The summed E-state index contributed by atoms with van der Waals surface area (Å²) in [4.78, 5) is 11.9. The van der Waals surface area contributed by atoms with Crippen molar-refractivity contribution in [2.24, 2.45) is 0 Å². The fourth-order valence-electron chi connectivity index (χ4n) is 1.58. The van der Waals surface area contributed by atoms with E-state index in [0.717, 1.165) is 10.6 Å². The Balaban J connectivity index is 2.77. The summed E-state index contributed by atoms with van der Waals surface area (Å²) in [5.74, 6) is -0.424. The van der Waals surface area contributed by atoms with Gasteiger partial charge in [0.2, 0.25) is 15.9 Å². The summed E-state index contributed by atoms with van der Waals surface area (Å²) in [7, 11) is -3.42. The van der Waals surface area contributed by atoms with Crippen molar-refractivity contribution >= 4 is 33.2 Å². The number of benzene rings is 1. The molecular formula is C12H17ClN2O3S. The number of nitrogens with one attached hydrogen (secondary N) is 1. The lowest BCUT2D eigenvalue weighted by Gasteiger charge is -2.23. The second-order valence-corrected chi connectivity index (χ2v) is 6.77. The zero-order valence-electron chi connectivity index (χ0n) is 11.1. The number of anilines is 1. The van der Waals surface area contributed by atoms with Gasteiger partial charge < -0.3 is 5.32 Å². The number of sulfonamides is 1. The molecule has 1 N–H and O–H groups in total. The van der Waals surface area contributed by atoms with Gasteiger partial charge in [-0.05, 0) is 26.0 Å². The highest BCUT2D eigenvalue weighted by molar-refractivity contribution is 7.88. The minimum Gasteiger partial charge on any atom is -0.324 e. The number of rotatable bonds is 5. The molecule has 0 bridgehead atoms. The predicted molar refractivity (Wildman–Crippen MR) is 76.8 cm³/mol. The molecule has 1 aromatic rings. The Morgan fingerprint density at radius 3 is 2.42 bits per heavy atom. The summed E-state index contributed by atoms with van der Waals surface area (Å²) in [5, 5.41) is 3.00. The highest BCUT2D eigenvalue weighted by Crippen LogP contribution is 2.20. The van der Waals surface area contributed by atoms with Crippen LogP contribution in [-0.2, 0) is 14.8 Å². The van der Waals surface area contributed by atoms with Gasteiger partial charge in [-0.25, -0.2) is 8.42 Å². The Labute approximate surface area is 118 Å². The first-order valence-electron chi connectivity index (χ1n) is 5.73. The summed E-state index contributed by atoms with van der Waals surface area (Å²) in [6, 6.07) is 6.49. The van der Waals surface area contributed by atoms with Gasteiger partial charge in [-0.15, -0.1) is 0 Å². The Morgan fingerprint density at radius 2 is 1.95 bits per heavy atom. The van der Waals surface area contributed by atoms with Gasteiger partial charge >= 0.3 is 0 Å². The number of hydrogen-bond acceptors (Lipinski definition) is 3. The van der Waals surface area contributed by atoms with Crippen LogP contribution in [0, 0.1) is 0 Å². The standard InChI is InChI=1S/C12H17ClN2O3S/c1-9(2)15(19(3,17)18)8-12(16)14-11-7-5-4-6-10(11)13/h4-7,9H,8H2,1-3H3,(H,14,16). The summed E-state index contributed by atoms with van der Waals surface area (Å²) >= 11 is 5.91. The number of amides is 1. The molecule has 1 amide bonds. The fourth-order valence-corrected chi connectivity index (χ4v) is 2.88. The molecule has 1 rings (SSSR count). The normalized spacial score (nSPS) is 11.9. The Hall–Kier alpha value is -1.11. The third-order valence-corrected chi connectivity index (χ3v) is 4.18. The van der Waals surface area contributed by atoms with Gasteiger partial charge in [-0.2, -0.15) is 4.31 Å². The van der Waals surface area contributed by atoms with Crippen LogP contribution < -0.4 is 5.32 Å². The van der Waals surface area contributed by atoms with Crippen LogP contribution in [0.1, 0.15) is 13.8 Å². The van der Waals surface area contributed by atoms with Crippen molar-refractivity contribution < 1.29 is 13.2 Å². The molecule has 0 unspecified atom stereocenters. The monoisotopic (exact) mass is 304 g/mol. The van der Waals surface area contributed by atoms with Gasteiger partial charge in [0.1, 0.15) is 0 Å². The van der Waals surface area contributed by atoms with E-state index in [2.05, 4.69) is 5.32 Å². The first-order chi connectivity index (χ1) is 8.71. The minimum atomic E-state index is -3.42. The molecule has 0 atom stereocenters. The van der Waals surface area contributed by atoms with E-state index >= 15 is 0 Å². The van der Waals surface area contributed by atoms with E-state index in [1.165, 1.54) is 0 Å². The van der Waals surface area contributed by atoms with Crippen LogP contribution in [0.3, 0.4) is 0 Å². The summed E-state index contributed by atoms with van der Waals surface area (Å²) in [6.07, 6.45) is 1.08. The van der Waals surface area contributed by atoms with Gasteiger partial charge in [0.15, 0.2) is 0 Å². The molecule has 0 aromatic heterocycles. The Kier molecular flexibility index (Phi) is 5.34. The molecule has 7 heteroatoms. The van der Waals surface area contributed by atoms with Crippen molar-refractivity contribution in [2.45, 2.75) is 19.9 Å². The lowest BCUT2D eigenvalue weighted by molar-refractivity contribution is -0.116. The van der Waals surface area contributed by atoms with E-state index in [1.54, 1.807) is 38.1 Å². The lowest BCUT2D eigenvalue weighted by Crippen LogP contribution is -2.41. The van der Waals surface area contributed by atoms with Crippen LogP contribution in [0.25, 0.3) is 0 Å². The number of nitrogens with zero attached hydrogens (tertiary/aromatic N) is 1. The highest BCUT2D eigenvalue weighted by atomic mass is 35.5. The van der Waals surface area contributed by atoms with Gasteiger partial charge in [-0.1, -0.05) is 23.7 Å². The zero-order chi connectivity index (χ0) is 14.6. The quantitative estimate of drug-likeness (QED) is 0.904. The Bertz CT molecular complexity index is 558. The highest BCUT2D eigenvalue weighted by Gasteiger charge is 2.23. The molecule has 5 nitrogen and oxygen atoms in total. The van der Waals surface area contributed by atoms with Crippen LogP contribution in [0.15, 0.2) is 24.3 Å². The van der Waals surface area contributed by atoms with Crippen LogP contribution in [0.2, 0.25) is 5.02 Å². The zero-order valence-corrected chi connectivity index (χ0v) is 12.6.